The highest BCUT2D eigenvalue weighted by atomic mass is 16.6. The van der Waals surface area contributed by atoms with Crippen LogP contribution in [0.15, 0.2) is 36.7 Å². The number of hydrogen-bond acceptors (Lipinski definition) is 4. The topological polar surface area (TPSA) is 88.4 Å². The molecule has 0 aliphatic heterocycles. The van der Waals surface area contributed by atoms with Gasteiger partial charge in [0.05, 0.1) is 11.5 Å². The first kappa shape index (κ1) is 15.9. The Morgan fingerprint density at radius 2 is 2.18 bits per heavy atom. The molecule has 6 heteroatoms. The first-order valence-electron chi connectivity index (χ1n) is 6.76. The molecule has 6 nitrogen and oxygen atoms in total. The average molecular weight is 302 g/mol. The molecule has 116 valence electrons. The molecule has 2 rings (SSSR count). The normalized spacial score (nSPS) is 14.9. The lowest BCUT2D eigenvalue weighted by Gasteiger charge is -2.21. The summed E-state index contributed by atoms with van der Waals surface area (Å²) in [6.07, 6.45) is 7.71. The van der Waals surface area contributed by atoms with Gasteiger partial charge in [0.25, 0.3) is 0 Å². The van der Waals surface area contributed by atoms with Crippen molar-refractivity contribution in [2.24, 2.45) is 0 Å². The van der Waals surface area contributed by atoms with Gasteiger partial charge in [-0.3, -0.25) is 10.1 Å². The predicted molar refractivity (Wildman–Crippen MR) is 85.9 cm³/mol. The fraction of sp³-hybridized carbons (Fsp3) is 0.250. The highest BCUT2D eigenvalue weighted by molar-refractivity contribution is 5.95. The van der Waals surface area contributed by atoms with Crippen molar-refractivity contribution in [1.82, 2.24) is 4.98 Å². The average Bonchev–Trinajstić information content (AvgIpc) is 2.94. The fourth-order valence-electron chi connectivity index (χ4n) is 2.10. The molecule has 1 heterocycles. The van der Waals surface area contributed by atoms with E-state index in [0.717, 1.165) is 28.2 Å². The fourth-order valence-corrected chi connectivity index (χ4v) is 2.10. The first-order valence-corrected chi connectivity index (χ1v) is 6.76. The van der Waals surface area contributed by atoms with Gasteiger partial charge in [-0.1, -0.05) is 24.3 Å². The number of aromatic nitrogens is 1. The van der Waals surface area contributed by atoms with E-state index in [1.165, 1.54) is 13.2 Å². The van der Waals surface area contributed by atoms with Crippen molar-refractivity contribution in [3.05, 3.63) is 57.9 Å². The zero-order chi connectivity index (χ0) is 16.2. The number of nitrogens with zero attached hydrogens (tertiary/aromatic N) is 1. The third-order valence-electron chi connectivity index (χ3n) is 3.54. The smallest absolute Gasteiger partial charge is 0.235 e. The van der Waals surface area contributed by atoms with Gasteiger partial charge in [0, 0.05) is 35.8 Å². The molecule has 1 aromatic heterocycles. The second kappa shape index (κ2) is 6.55. The van der Waals surface area contributed by atoms with Crippen molar-refractivity contribution in [2.45, 2.75) is 12.5 Å². The van der Waals surface area contributed by atoms with Crippen molar-refractivity contribution in [3.63, 3.8) is 0 Å². The first-order chi connectivity index (χ1) is 10.5. The van der Waals surface area contributed by atoms with Crippen LogP contribution in [0.3, 0.4) is 0 Å². The molecule has 1 atom stereocenters. The van der Waals surface area contributed by atoms with E-state index >= 15 is 0 Å². The Balaban J connectivity index is 2.48. The van der Waals surface area contributed by atoms with Crippen LogP contribution in [0.5, 0.6) is 0 Å². The number of fused-ring (bicyclic) bond motifs is 1. The number of nitro groups is 1. The van der Waals surface area contributed by atoms with E-state index < -0.39 is 10.5 Å². The zero-order valence-corrected chi connectivity index (χ0v) is 12.4. The molecule has 0 amide bonds. The highest BCUT2D eigenvalue weighted by Gasteiger charge is 2.18. The number of methoxy groups -OCH3 is 1. The highest BCUT2D eigenvalue weighted by Crippen LogP contribution is 2.26. The summed E-state index contributed by atoms with van der Waals surface area (Å²) < 4.78 is 5.26. The monoisotopic (exact) mass is 302 g/mol. The molecule has 1 aromatic carbocycles. The van der Waals surface area contributed by atoms with E-state index in [1.807, 2.05) is 24.3 Å². The summed E-state index contributed by atoms with van der Waals surface area (Å²) in [4.78, 5) is 13.1. The molecule has 0 bridgehead atoms. The largest absolute Gasteiger partial charge is 0.393 e. The number of rotatable bonds is 6. The summed E-state index contributed by atoms with van der Waals surface area (Å²) in [7, 11) is 1.53. The van der Waals surface area contributed by atoms with Gasteiger partial charge in [0.1, 0.15) is 5.60 Å². The maximum absolute atomic E-state index is 10.5. The van der Waals surface area contributed by atoms with Gasteiger partial charge >= 0.3 is 0 Å². The number of aromatic amines is 1. The molecule has 0 aliphatic rings. The molecular formula is C16H18N2O4. The lowest BCUT2D eigenvalue weighted by atomic mass is 10.0. The van der Waals surface area contributed by atoms with E-state index in [2.05, 4.69) is 4.98 Å². The van der Waals surface area contributed by atoms with Crippen LogP contribution in [0.1, 0.15) is 18.1 Å². The summed E-state index contributed by atoms with van der Waals surface area (Å²) in [5, 5.41) is 20.8. The molecule has 0 radical (unpaired) electrons. The molecule has 0 aliphatic carbocycles. The molecule has 1 unspecified atom stereocenters. The van der Waals surface area contributed by atoms with Crippen LogP contribution in [0.2, 0.25) is 0 Å². The number of nitrogens with one attached hydrogen (secondary N) is 1. The Hall–Kier alpha value is -2.44. The molecular weight excluding hydrogens is 284 g/mol. The Bertz CT molecular complexity index is 727. The Labute approximate surface area is 127 Å². The van der Waals surface area contributed by atoms with Crippen molar-refractivity contribution < 1.29 is 14.8 Å². The second-order valence-electron chi connectivity index (χ2n) is 5.12. The molecule has 22 heavy (non-hydrogen) atoms. The van der Waals surface area contributed by atoms with Crippen LogP contribution >= 0.6 is 0 Å². The summed E-state index contributed by atoms with van der Waals surface area (Å²) >= 11 is 0. The molecule has 0 saturated carbocycles. The number of benzene rings is 1. The van der Waals surface area contributed by atoms with E-state index in [1.54, 1.807) is 19.2 Å². The van der Waals surface area contributed by atoms with Gasteiger partial charge in [0.15, 0.2) is 0 Å². The minimum Gasteiger partial charge on any atom is -0.393 e. The Morgan fingerprint density at radius 1 is 1.41 bits per heavy atom. The maximum Gasteiger partial charge on any atom is 0.235 e. The van der Waals surface area contributed by atoms with E-state index in [-0.39, 0.29) is 6.61 Å². The third-order valence-corrected chi connectivity index (χ3v) is 3.54. The number of aliphatic hydroxyl groups is 1. The lowest BCUT2D eigenvalue weighted by Crippen LogP contribution is -2.28. The number of ether oxygens (including phenoxy) is 1. The molecule has 2 aromatic rings. The summed E-state index contributed by atoms with van der Waals surface area (Å²) in [5.74, 6) is 0. The molecule has 0 fully saturated rings. The molecule has 0 saturated heterocycles. The Kier molecular flexibility index (Phi) is 4.75. The van der Waals surface area contributed by atoms with Crippen LogP contribution in [0, 0.1) is 10.1 Å². The molecule has 2 N–H and O–H groups in total. The minimum absolute atomic E-state index is 0.142. The van der Waals surface area contributed by atoms with E-state index in [9.17, 15) is 15.2 Å². The van der Waals surface area contributed by atoms with Gasteiger partial charge in [0.2, 0.25) is 6.20 Å². The van der Waals surface area contributed by atoms with Crippen LogP contribution in [0.25, 0.3) is 23.1 Å². The zero-order valence-electron chi connectivity index (χ0n) is 12.4. The van der Waals surface area contributed by atoms with Crippen LogP contribution < -0.4 is 0 Å². The number of hydrogen-bond donors (Lipinski definition) is 2. The summed E-state index contributed by atoms with van der Waals surface area (Å²) in [6, 6.07) is 5.70. The number of aliphatic hydroxyl groups excluding tert-OH is 1. The second-order valence-corrected chi connectivity index (χ2v) is 5.12. The van der Waals surface area contributed by atoms with Gasteiger partial charge in [-0.2, -0.15) is 0 Å². The van der Waals surface area contributed by atoms with Gasteiger partial charge < -0.3 is 14.8 Å². The van der Waals surface area contributed by atoms with Gasteiger partial charge in [-0.15, -0.1) is 0 Å². The van der Waals surface area contributed by atoms with Crippen molar-refractivity contribution in [2.75, 3.05) is 13.7 Å². The standard InChI is InChI=1S/C16H18N2O4/c1-16(11-19,22-2)8-6-12-4-3-5-14-15(12)13(10-17-14)7-9-18(20)21/h3-10,17,19H,11H2,1-2H3. The SMILES string of the molecule is COC(C)(C=Cc1cccc2[nH]cc(C=C[N+](=O)[O-])c12)CO. The van der Waals surface area contributed by atoms with Crippen molar-refractivity contribution in [1.29, 1.82) is 0 Å². The summed E-state index contributed by atoms with van der Waals surface area (Å²) in [5.41, 5.74) is 1.73. The van der Waals surface area contributed by atoms with E-state index in [0.29, 0.717) is 0 Å². The lowest BCUT2D eigenvalue weighted by molar-refractivity contribution is -0.400. The van der Waals surface area contributed by atoms with Crippen molar-refractivity contribution >= 4 is 23.1 Å². The number of H-pyrrole nitrogens is 1. The quantitative estimate of drug-likeness (QED) is 0.634. The Morgan fingerprint density at radius 3 is 2.82 bits per heavy atom. The summed E-state index contributed by atoms with van der Waals surface area (Å²) in [6.45, 7) is 1.63. The van der Waals surface area contributed by atoms with Crippen LogP contribution in [0.4, 0.5) is 0 Å². The molecule has 0 spiro atoms. The minimum atomic E-state index is -0.769. The van der Waals surface area contributed by atoms with Gasteiger partial charge in [-0.25, -0.2) is 0 Å². The van der Waals surface area contributed by atoms with E-state index in [4.69, 9.17) is 4.74 Å². The van der Waals surface area contributed by atoms with Gasteiger partial charge in [-0.05, 0) is 18.6 Å². The van der Waals surface area contributed by atoms with Crippen LogP contribution in [-0.2, 0) is 4.74 Å². The maximum atomic E-state index is 10.5. The predicted octanol–water partition coefficient (Wildman–Crippen LogP) is 2.83. The third kappa shape index (κ3) is 3.41. The van der Waals surface area contributed by atoms with Crippen molar-refractivity contribution in [3.8, 4) is 0 Å². The van der Waals surface area contributed by atoms with Crippen LogP contribution in [-0.4, -0.2) is 34.3 Å².